The van der Waals surface area contributed by atoms with Gasteiger partial charge in [-0.15, -0.1) is 5.75 Å². The van der Waals surface area contributed by atoms with E-state index in [0.29, 0.717) is 5.75 Å². The second kappa shape index (κ2) is 10.9. The van der Waals surface area contributed by atoms with Crippen LogP contribution in [-0.2, 0) is 16.5 Å². The Labute approximate surface area is 177 Å². The monoisotopic (exact) mass is 386 g/mol. The minimum atomic E-state index is -4.40. The van der Waals surface area contributed by atoms with Crippen LogP contribution >= 0.6 is 0 Å². The molecular formula is C19H23NaO5S. The van der Waals surface area contributed by atoms with Crippen LogP contribution in [-0.4, -0.2) is 13.0 Å². The van der Waals surface area contributed by atoms with Crippen LogP contribution in [0.3, 0.4) is 0 Å². The molecule has 0 saturated carbocycles. The average molecular weight is 386 g/mol. The Kier molecular flexibility index (Phi) is 9.68. The molecule has 0 aliphatic rings. The van der Waals surface area contributed by atoms with Crippen LogP contribution in [0.4, 0.5) is 0 Å². The molecule has 2 aromatic carbocycles. The fourth-order valence-electron chi connectivity index (χ4n) is 2.57. The van der Waals surface area contributed by atoms with Gasteiger partial charge in [0.15, 0.2) is 0 Å². The summed E-state index contributed by atoms with van der Waals surface area (Å²) in [6.45, 7) is 2.16. The zero-order valence-corrected chi connectivity index (χ0v) is 18.1. The van der Waals surface area contributed by atoms with Crippen molar-refractivity contribution in [3.63, 3.8) is 0 Å². The summed E-state index contributed by atoms with van der Waals surface area (Å²) >= 11 is 0. The zero-order valence-electron chi connectivity index (χ0n) is 15.3. The van der Waals surface area contributed by atoms with E-state index in [0.717, 1.165) is 24.8 Å². The maximum absolute atomic E-state index is 11.6. The number of hydrogen-bond acceptors (Lipinski definition) is 4. The fourth-order valence-corrected chi connectivity index (χ4v) is 3.16. The van der Waals surface area contributed by atoms with E-state index in [1.165, 1.54) is 49.6 Å². The Morgan fingerprint density at radius 3 is 2.27 bits per heavy atom. The Hall–Kier alpha value is -1.05. The van der Waals surface area contributed by atoms with Gasteiger partial charge in [0.25, 0.3) is 10.1 Å². The van der Waals surface area contributed by atoms with Gasteiger partial charge in [-0.3, -0.25) is 4.55 Å². The molecule has 0 saturated heterocycles. The normalized spacial score (nSPS) is 11.0. The third-order valence-electron chi connectivity index (χ3n) is 3.91. The number of aryl methyl sites for hydroxylation is 1. The Balaban J connectivity index is 0.00000338. The van der Waals surface area contributed by atoms with E-state index in [-0.39, 0.29) is 46.0 Å². The first-order valence-corrected chi connectivity index (χ1v) is 9.89. The molecule has 0 aliphatic carbocycles. The summed E-state index contributed by atoms with van der Waals surface area (Å²) in [5.41, 5.74) is 0.944. The van der Waals surface area contributed by atoms with Crippen molar-refractivity contribution in [1.82, 2.24) is 0 Å². The van der Waals surface area contributed by atoms with Gasteiger partial charge in [-0.25, -0.2) is 0 Å². The Morgan fingerprint density at radius 2 is 1.65 bits per heavy atom. The standard InChI is InChI=1S/C19H24O5S.Na/c1-2-3-4-5-6-7-15-8-13-19(25(21,22)23)18(14-15)24-17-11-9-16(20)10-12-17;/h8-14,20H,2-7H2,1H3,(H,21,22,23);/q;+1/p-1. The van der Waals surface area contributed by atoms with Crippen LogP contribution in [0.2, 0.25) is 0 Å². The SMILES string of the molecule is CCCCCCCc1ccc(S(=O)(=O)O)c(Oc2ccc([O-])cc2)c1.[Na+]. The first-order chi connectivity index (χ1) is 11.9. The first kappa shape index (κ1) is 23.0. The molecule has 2 rings (SSSR count). The fraction of sp³-hybridized carbons (Fsp3) is 0.368. The second-order valence-corrected chi connectivity index (χ2v) is 7.38. The maximum Gasteiger partial charge on any atom is 1.00 e. The third kappa shape index (κ3) is 7.29. The number of benzene rings is 2. The van der Waals surface area contributed by atoms with Crippen molar-refractivity contribution in [2.45, 2.75) is 50.3 Å². The number of ether oxygens (including phenoxy) is 1. The van der Waals surface area contributed by atoms with Crippen molar-refractivity contribution in [2.75, 3.05) is 0 Å². The summed E-state index contributed by atoms with van der Waals surface area (Å²) in [5.74, 6) is 0.236. The molecule has 0 amide bonds. The molecule has 0 aromatic heterocycles. The van der Waals surface area contributed by atoms with Crippen molar-refractivity contribution >= 4 is 10.1 Å². The molecule has 0 heterocycles. The summed E-state index contributed by atoms with van der Waals surface area (Å²) in [6.07, 6.45) is 6.52. The molecule has 1 N–H and O–H groups in total. The summed E-state index contributed by atoms with van der Waals surface area (Å²) < 4.78 is 38.1. The summed E-state index contributed by atoms with van der Waals surface area (Å²) in [5, 5.41) is 11.2. The summed E-state index contributed by atoms with van der Waals surface area (Å²) in [6, 6.07) is 10.3. The predicted molar refractivity (Wildman–Crippen MR) is 94.7 cm³/mol. The van der Waals surface area contributed by atoms with Gasteiger partial charge >= 0.3 is 29.6 Å². The largest absolute Gasteiger partial charge is 1.00 e. The van der Waals surface area contributed by atoms with Crippen LogP contribution in [0, 0.1) is 0 Å². The molecule has 0 bridgehead atoms. The Morgan fingerprint density at radius 1 is 1.00 bits per heavy atom. The molecule has 26 heavy (non-hydrogen) atoms. The molecule has 0 fully saturated rings. The van der Waals surface area contributed by atoms with Crippen LogP contribution in [0.1, 0.15) is 44.6 Å². The topological polar surface area (TPSA) is 86.7 Å². The van der Waals surface area contributed by atoms with Gasteiger partial charge in [0.05, 0.1) is 0 Å². The van der Waals surface area contributed by atoms with E-state index in [2.05, 4.69) is 6.92 Å². The quantitative estimate of drug-likeness (QED) is 0.399. The number of rotatable bonds is 9. The van der Waals surface area contributed by atoms with Gasteiger partial charge in [0.1, 0.15) is 16.4 Å². The molecule has 0 atom stereocenters. The van der Waals surface area contributed by atoms with E-state index < -0.39 is 10.1 Å². The van der Waals surface area contributed by atoms with E-state index in [4.69, 9.17) is 4.74 Å². The molecule has 2 aromatic rings. The van der Waals surface area contributed by atoms with Crippen molar-refractivity contribution in [2.24, 2.45) is 0 Å². The number of unbranched alkanes of at least 4 members (excludes halogenated alkanes) is 4. The Bertz CT molecular complexity index is 788. The van der Waals surface area contributed by atoms with Crippen molar-refractivity contribution in [3.8, 4) is 17.2 Å². The minimum absolute atomic E-state index is 0. The second-order valence-electron chi connectivity index (χ2n) is 5.99. The number of hydrogen-bond donors (Lipinski definition) is 1. The van der Waals surface area contributed by atoms with Crippen molar-refractivity contribution < 1.29 is 52.4 Å². The van der Waals surface area contributed by atoms with Crippen LogP contribution in [0.5, 0.6) is 17.2 Å². The molecule has 0 aliphatic heterocycles. The van der Waals surface area contributed by atoms with E-state index >= 15 is 0 Å². The summed E-state index contributed by atoms with van der Waals surface area (Å²) in [4.78, 5) is -0.284. The summed E-state index contributed by atoms with van der Waals surface area (Å²) in [7, 11) is -4.40. The molecule has 0 unspecified atom stereocenters. The molecular weight excluding hydrogens is 363 g/mol. The van der Waals surface area contributed by atoms with Gasteiger partial charge in [-0.05, 0) is 42.7 Å². The van der Waals surface area contributed by atoms with Gasteiger partial charge in [0, 0.05) is 0 Å². The molecule has 0 spiro atoms. The van der Waals surface area contributed by atoms with E-state index in [9.17, 15) is 18.1 Å². The van der Waals surface area contributed by atoms with Crippen LogP contribution in [0.15, 0.2) is 47.4 Å². The zero-order chi connectivity index (χ0) is 18.3. The third-order valence-corrected chi connectivity index (χ3v) is 4.80. The van der Waals surface area contributed by atoms with Gasteiger partial charge < -0.3 is 9.84 Å². The van der Waals surface area contributed by atoms with Crippen molar-refractivity contribution in [3.05, 3.63) is 48.0 Å². The average Bonchev–Trinajstić information content (AvgIpc) is 2.56. The van der Waals surface area contributed by atoms with E-state index in [1.54, 1.807) is 12.1 Å². The molecule has 5 nitrogen and oxygen atoms in total. The van der Waals surface area contributed by atoms with Crippen molar-refractivity contribution in [1.29, 1.82) is 0 Å². The maximum atomic E-state index is 11.6. The predicted octanol–water partition coefficient (Wildman–Crippen LogP) is 1.32. The minimum Gasteiger partial charge on any atom is -0.872 e. The van der Waals surface area contributed by atoms with E-state index in [1.807, 2.05) is 0 Å². The van der Waals surface area contributed by atoms with Gasteiger partial charge in [0.2, 0.25) is 0 Å². The smallest absolute Gasteiger partial charge is 0.872 e. The first-order valence-electron chi connectivity index (χ1n) is 8.45. The molecule has 136 valence electrons. The van der Waals surface area contributed by atoms with Gasteiger partial charge in [-0.2, -0.15) is 8.42 Å². The van der Waals surface area contributed by atoms with Crippen LogP contribution in [0.25, 0.3) is 0 Å². The molecule has 0 radical (unpaired) electrons. The molecule has 7 heteroatoms. The van der Waals surface area contributed by atoms with Gasteiger partial charge in [-0.1, -0.05) is 50.8 Å². The van der Waals surface area contributed by atoms with Crippen LogP contribution < -0.4 is 39.4 Å².